The molecule has 0 unspecified atom stereocenters. The van der Waals surface area contributed by atoms with Gasteiger partial charge in [-0.15, -0.1) is 0 Å². The third-order valence-electron chi connectivity index (χ3n) is 4.39. The van der Waals surface area contributed by atoms with Crippen molar-refractivity contribution in [2.75, 3.05) is 11.9 Å². The van der Waals surface area contributed by atoms with Gasteiger partial charge in [0.2, 0.25) is 5.91 Å². The van der Waals surface area contributed by atoms with Gasteiger partial charge >= 0.3 is 0 Å². The average Bonchev–Trinajstić information content (AvgIpc) is 2.59. The zero-order valence-corrected chi connectivity index (χ0v) is 18.0. The lowest BCUT2D eigenvalue weighted by Crippen LogP contribution is -2.37. The Morgan fingerprint density at radius 3 is 2.19 bits per heavy atom. The van der Waals surface area contributed by atoms with Gasteiger partial charge < -0.3 is 10.2 Å². The van der Waals surface area contributed by atoms with Crippen molar-refractivity contribution in [1.29, 1.82) is 0 Å². The van der Waals surface area contributed by atoms with E-state index >= 15 is 0 Å². The number of rotatable bonds is 5. The summed E-state index contributed by atoms with van der Waals surface area (Å²) in [6.45, 7) is 7.76. The fourth-order valence-electron chi connectivity index (χ4n) is 2.81. The van der Waals surface area contributed by atoms with Gasteiger partial charge in [0, 0.05) is 41.2 Å². The molecule has 2 aromatic rings. The van der Waals surface area contributed by atoms with E-state index in [0.717, 1.165) is 22.4 Å². The van der Waals surface area contributed by atoms with Gasteiger partial charge in [0.15, 0.2) is 0 Å². The minimum Gasteiger partial charge on any atom is -0.339 e. The van der Waals surface area contributed by atoms with Gasteiger partial charge in [-0.25, -0.2) is 0 Å². The topological polar surface area (TPSA) is 49.4 Å². The standard InChI is InChI=1S/C21H25IN2O2/c1-14(2)19(25)24(5)18-11-7-9-16(13-18)15-8-6-10-17(12-15)21(3,4)23-20(22)26/h6-14H,1-5H3,(H,23,26). The van der Waals surface area contributed by atoms with Gasteiger partial charge in [0.25, 0.3) is 3.91 Å². The van der Waals surface area contributed by atoms with Crippen LogP contribution in [0.1, 0.15) is 33.3 Å². The fraction of sp³-hybridized carbons (Fsp3) is 0.333. The molecule has 2 aromatic carbocycles. The molecular weight excluding hydrogens is 439 g/mol. The Morgan fingerprint density at radius 1 is 1.04 bits per heavy atom. The number of benzene rings is 2. The van der Waals surface area contributed by atoms with Gasteiger partial charge in [0.05, 0.1) is 5.54 Å². The molecule has 0 spiro atoms. The number of nitrogens with zero attached hydrogens (tertiary/aromatic N) is 1. The highest BCUT2D eigenvalue weighted by Crippen LogP contribution is 2.29. The van der Waals surface area contributed by atoms with Crippen molar-refractivity contribution >= 4 is 38.1 Å². The predicted octanol–water partition coefficient (Wildman–Crippen LogP) is 5.35. The number of nitrogens with one attached hydrogen (secondary N) is 1. The van der Waals surface area contributed by atoms with Crippen LogP contribution in [0.4, 0.5) is 10.5 Å². The number of halogens is 1. The largest absolute Gasteiger partial charge is 0.339 e. The molecule has 0 aromatic heterocycles. The number of anilines is 1. The monoisotopic (exact) mass is 464 g/mol. The first-order valence-electron chi connectivity index (χ1n) is 8.58. The van der Waals surface area contributed by atoms with Gasteiger partial charge in [0.1, 0.15) is 0 Å². The Kier molecular flexibility index (Phi) is 6.44. The Balaban J connectivity index is 2.38. The summed E-state index contributed by atoms with van der Waals surface area (Å²) in [4.78, 5) is 25.4. The Labute approximate surface area is 169 Å². The first-order chi connectivity index (χ1) is 12.1. The maximum Gasteiger partial charge on any atom is 0.281 e. The van der Waals surface area contributed by atoms with Crippen LogP contribution in [0.3, 0.4) is 0 Å². The summed E-state index contributed by atoms with van der Waals surface area (Å²) in [6.07, 6.45) is 0. The minimum atomic E-state index is -0.462. The molecule has 138 valence electrons. The highest BCUT2D eigenvalue weighted by Gasteiger charge is 2.22. The smallest absolute Gasteiger partial charge is 0.281 e. The normalized spacial score (nSPS) is 11.3. The Morgan fingerprint density at radius 2 is 1.62 bits per heavy atom. The van der Waals surface area contributed by atoms with E-state index in [-0.39, 0.29) is 15.7 Å². The highest BCUT2D eigenvalue weighted by atomic mass is 127. The van der Waals surface area contributed by atoms with Crippen LogP contribution >= 0.6 is 22.6 Å². The maximum absolute atomic E-state index is 12.3. The summed E-state index contributed by atoms with van der Waals surface area (Å²) in [6, 6.07) is 16.1. The van der Waals surface area contributed by atoms with E-state index in [1.807, 2.05) is 70.2 Å². The molecule has 1 N–H and O–H groups in total. The van der Waals surface area contributed by atoms with E-state index in [4.69, 9.17) is 0 Å². The molecule has 0 aliphatic rings. The molecule has 4 nitrogen and oxygen atoms in total. The fourth-order valence-corrected chi connectivity index (χ4v) is 3.49. The van der Waals surface area contributed by atoms with Crippen LogP contribution in [-0.4, -0.2) is 16.9 Å². The van der Waals surface area contributed by atoms with Crippen LogP contribution in [0.2, 0.25) is 0 Å². The molecule has 0 fully saturated rings. The SMILES string of the molecule is CC(C)C(=O)N(C)c1cccc(-c2cccc(C(C)(C)NC(=O)I)c2)c1. The lowest BCUT2D eigenvalue weighted by Gasteiger charge is -2.26. The van der Waals surface area contributed by atoms with Crippen LogP contribution in [0.25, 0.3) is 11.1 Å². The van der Waals surface area contributed by atoms with Crippen molar-refractivity contribution in [3.05, 3.63) is 54.1 Å². The minimum absolute atomic E-state index is 0.0512. The predicted molar refractivity (Wildman–Crippen MR) is 116 cm³/mol. The van der Waals surface area contributed by atoms with Crippen LogP contribution in [0, 0.1) is 5.92 Å². The lowest BCUT2D eigenvalue weighted by molar-refractivity contribution is -0.121. The molecule has 5 heteroatoms. The van der Waals surface area contributed by atoms with E-state index in [2.05, 4.69) is 11.4 Å². The zero-order chi connectivity index (χ0) is 19.5. The van der Waals surface area contributed by atoms with Crippen LogP contribution < -0.4 is 10.2 Å². The first kappa shape index (κ1) is 20.4. The quantitative estimate of drug-likeness (QED) is 0.369. The summed E-state index contributed by atoms with van der Waals surface area (Å²) in [7, 11) is 1.80. The number of hydrogen-bond donors (Lipinski definition) is 1. The molecular formula is C21H25IN2O2. The second-order valence-electron chi connectivity index (χ2n) is 7.21. The first-order valence-corrected chi connectivity index (χ1v) is 9.66. The molecule has 0 aliphatic carbocycles. The number of hydrogen-bond acceptors (Lipinski definition) is 2. The molecule has 0 radical (unpaired) electrons. The number of carbonyl (C=O) groups excluding carboxylic acids is 2. The third kappa shape index (κ3) is 4.84. The highest BCUT2D eigenvalue weighted by molar-refractivity contribution is 14.1. The molecule has 0 heterocycles. The molecule has 26 heavy (non-hydrogen) atoms. The summed E-state index contributed by atoms with van der Waals surface area (Å²) in [5.41, 5.74) is 3.51. The maximum atomic E-state index is 12.3. The number of amides is 2. The summed E-state index contributed by atoms with van der Waals surface area (Å²) in [5.74, 6) is 0.0338. The van der Waals surface area contributed by atoms with Crippen molar-refractivity contribution in [1.82, 2.24) is 5.32 Å². The van der Waals surface area contributed by atoms with Gasteiger partial charge in [-0.1, -0.05) is 44.2 Å². The number of carbonyl (C=O) groups is 2. The molecule has 0 aliphatic heterocycles. The van der Waals surface area contributed by atoms with Gasteiger partial charge in [-0.05, 0) is 48.7 Å². The van der Waals surface area contributed by atoms with E-state index in [9.17, 15) is 9.59 Å². The zero-order valence-electron chi connectivity index (χ0n) is 15.8. The molecule has 0 atom stereocenters. The van der Waals surface area contributed by atoms with E-state index in [1.54, 1.807) is 34.5 Å². The van der Waals surface area contributed by atoms with Crippen molar-refractivity contribution < 1.29 is 9.59 Å². The Hall–Kier alpha value is -1.89. The van der Waals surface area contributed by atoms with Crippen molar-refractivity contribution in [3.8, 4) is 11.1 Å². The second-order valence-corrected chi connectivity index (χ2v) is 8.19. The van der Waals surface area contributed by atoms with E-state index in [1.165, 1.54) is 0 Å². The van der Waals surface area contributed by atoms with Gasteiger partial charge in [-0.3, -0.25) is 9.59 Å². The van der Waals surface area contributed by atoms with E-state index in [0.29, 0.717) is 0 Å². The average molecular weight is 464 g/mol. The third-order valence-corrected chi connectivity index (χ3v) is 4.66. The van der Waals surface area contributed by atoms with E-state index < -0.39 is 5.54 Å². The van der Waals surface area contributed by atoms with Gasteiger partial charge in [-0.2, -0.15) is 0 Å². The molecule has 0 saturated carbocycles. The van der Waals surface area contributed by atoms with Crippen molar-refractivity contribution in [2.45, 2.75) is 33.2 Å². The molecule has 0 bridgehead atoms. The van der Waals surface area contributed by atoms with Crippen LogP contribution in [0.5, 0.6) is 0 Å². The van der Waals surface area contributed by atoms with Crippen molar-refractivity contribution in [3.63, 3.8) is 0 Å². The van der Waals surface area contributed by atoms with Crippen LogP contribution in [-0.2, 0) is 10.3 Å². The molecule has 0 saturated heterocycles. The molecule has 2 rings (SSSR count). The summed E-state index contributed by atoms with van der Waals surface area (Å²) >= 11 is 1.75. The lowest BCUT2D eigenvalue weighted by atomic mass is 9.91. The molecule has 2 amide bonds. The summed E-state index contributed by atoms with van der Waals surface area (Å²) < 4.78 is -0.0891. The second kappa shape index (κ2) is 8.20. The Bertz CT molecular complexity index is 815. The summed E-state index contributed by atoms with van der Waals surface area (Å²) in [5, 5.41) is 2.97. The van der Waals surface area contributed by atoms with Crippen LogP contribution in [0.15, 0.2) is 48.5 Å². The van der Waals surface area contributed by atoms with Crippen molar-refractivity contribution in [2.24, 2.45) is 5.92 Å².